The molecule has 0 radical (unpaired) electrons. The fraction of sp³-hybridized carbons (Fsp3) is 0.267. The lowest BCUT2D eigenvalue weighted by molar-refractivity contribution is -0.118. The van der Waals surface area contributed by atoms with Gasteiger partial charge in [0.2, 0.25) is 18.6 Å². The normalized spacial score (nSPS) is 12.7. The molecule has 0 aliphatic carbocycles. The van der Waals surface area contributed by atoms with Gasteiger partial charge in [-0.2, -0.15) is 4.98 Å². The summed E-state index contributed by atoms with van der Waals surface area (Å²) in [5, 5.41) is 3.80. The molecule has 1 aliphatic rings. The first-order chi connectivity index (χ1) is 12.4. The van der Waals surface area contributed by atoms with Crippen LogP contribution in [0.3, 0.4) is 0 Å². The summed E-state index contributed by atoms with van der Waals surface area (Å²) >= 11 is 0. The Hall–Kier alpha value is -3.63. The van der Waals surface area contributed by atoms with Crippen LogP contribution in [0.25, 0.3) is 10.9 Å². The molecule has 1 amide bonds. The highest BCUT2D eigenvalue weighted by atomic mass is 16.7. The van der Waals surface area contributed by atoms with Crippen molar-refractivity contribution in [1.29, 1.82) is 0 Å². The van der Waals surface area contributed by atoms with Gasteiger partial charge < -0.3 is 19.7 Å². The average molecular weight is 359 g/mol. The topological polar surface area (TPSA) is 144 Å². The fourth-order valence-corrected chi connectivity index (χ4v) is 2.79. The van der Waals surface area contributed by atoms with E-state index in [9.17, 15) is 14.4 Å². The van der Waals surface area contributed by atoms with Gasteiger partial charge in [-0.05, 0) is 13.0 Å². The lowest BCUT2D eigenvalue weighted by atomic mass is 10.2. The Bertz CT molecular complexity index is 1160. The molecule has 4 rings (SSSR count). The number of hydrogen-bond donors (Lipinski definition) is 1. The quantitative estimate of drug-likeness (QED) is 0.632. The molecule has 0 fully saturated rings. The predicted molar refractivity (Wildman–Crippen MR) is 85.9 cm³/mol. The molecule has 11 nitrogen and oxygen atoms in total. The number of primary amides is 1. The summed E-state index contributed by atoms with van der Waals surface area (Å²) in [7, 11) is 0. The van der Waals surface area contributed by atoms with Crippen molar-refractivity contribution in [3.63, 3.8) is 0 Å². The number of ether oxygens (including phenoxy) is 2. The Balaban J connectivity index is 1.99. The molecule has 0 saturated heterocycles. The molecule has 2 N–H and O–H groups in total. The lowest BCUT2D eigenvalue weighted by Gasteiger charge is -2.12. The number of hydrogen-bond acceptors (Lipinski definition) is 8. The van der Waals surface area contributed by atoms with Crippen molar-refractivity contribution >= 4 is 16.8 Å². The first kappa shape index (κ1) is 15.9. The van der Waals surface area contributed by atoms with Gasteiger partial charge in [-0.25, -0.2) is 4.79 Å². The smallest absolute Gasteiger partial charge is 0.332 e. The summed E-state index contributed by atoms with van der Waals surface area (Å²) in [6.07, 6.45) is 0. The number of carbonyl (C=O) groups excluding carboxylic acids is 1. The number of amides is 1. The number of carbonyl (C=O) groups is 1. The Morgan fingerprint density at radius 2 is 1.96 bits per heavy atom. The predicted octanol–water partition coefficient (Wildman–Crippen LogP) is -0.883. The third-order valence-corrected chi connectivity index (χ3v) is 3.90. The van der Waals surface area contributed by atoms with Crippen LogP contribution in [0, 0.1) is 6.92 Å². The van der Waals surface area contributed by atoms with Gasteiger partial charge in [-0.1, -0.05) is 5.16 Å². The SMILES string of the molecule is Cc1noc(Cn2c(=O)c3cc4c(cc3n(CC(N)=O)c2=O)OCO4)n1. The van der Waals surface area contributed by atoms with Crippen LogP contribution in [0.15, 0.2) is 26.2 Å². The minimum Gasteiger partial charge on any atom is -0.454 e. The molecule has 0 saturated carbocycles. The molecule has 0 bridgehead atoms. The maximum atomic E-state index is 12.8. The third-order valence-electron chi connectivity index (χ3n) is 3.90. The van der Waals surface area contributed by atoms with E-state index in [0.29, 0.717) is 17.3 Å². The van der Waals surface area contributed by atoms with E-state index in [1.54, 1.807) is 6.92 Å². The van der Waals surface area contributed by atoms with Crippen molar-refractivity contribution in [3.05, 3.63) is 44.7 Å². The lowest BCUT2D eigenvalue weighted by Crippen LogP contribution is -2.42. The van der Waals surface area contributed by atoms with Crippen LogP contribution in [0.2, 0.25) is 0 Å². The van der Waals surface area contributed by atoms with Crippen LogP contribution in [0.4, 0.5) is 0 Å². The second-order valence-corrected chi connectivity index (χ2v) is 5.68. The van der Waals surface area contributed by atoms with Crippen LogP contribution < -0.4 is 26.5 Å². The van der Waals surface area contributed by atoms with E-state index in [-0.39, 0.29) is 30.1 Å². The summed E-state index contributed by atoms with van der Waals surface area (Å²) in [4.78, 5) is 41.1. The largest absolute Gasteiger partial charge is 0.454 e. The summed E-state index contributed by atoms with van der Waals surface area (Å²) in [6, 6.07) is 2.94. The number of nitrogens with two attached hydrogens (primary N) is 1. The summed E-state index contributed by atoms with van der Waals surface area (Å²) in [5.41, 5.74) is 4.17. The van der Waals surface area contributed by atoms with Crippen molar-refractivity contribution in [1.82, 2.24) is 19.3 Å². The second-order valence-electron chi connectivity index (χ2n) is 5.68. The van der Waals surface area contributed by atoms with Gasteiger partial charge in [0, 0.05) is 6.07 Å². The van der Waals surface area contributed by atoms with E-state index in [1.165, 1.54) is 12.1 Å². The van der Waals surface area contributed by atoms with Crippen LogP contribution in [0.1, 0.15) is 11.7 Å². The molecule has 134 valence electrons. The van der Waals surface area contributed by atoms with Gasteiger partial charge in [0.15, 0.2) is 17.3 Å². The first-order valence-electron chi connectivity index (χ1n) is 7.58. The molecular weight excluding hydrogens is 346 g/mol. The van der Waals surface area contributed by atoms with E-state index >= 15 is 0 Å². The Morgan fingerprint density at radius 1 is 1.23 bits per heavy atom. The first-order valence-corrected chi connectivity index (χ1v) is 7.58. The monoisotopic (exact) mass is 359 g/mol. The Labute approximate surface area is 144 Å². The number of fused-ring (bicyclic) bond motifs is 2. The molecule has 2 aromatic heterocycles. The van der Waals surface area contributed by atoms with Gasteiger partial charge in [-0.3, -0.25) is 18.7 Å². The van der Waals surface area contributed by atoms with Gasteiger partial charge >= 0.3 is 5.69 Å². The zero-order valence-electron chi connectivity index (χ0n) is 13.6. The molecule has 11 heteroatoms. The molecule has 1 aromatic carbocycles. The molecular formula is C15H13N5O6. The third kappa shape index (κ3) is 2.49. The van der Waals surface area contributed by atoms with Crippen LogP contribution in [0.5, 0.6) is 11.5 Å². The number of rotatable bonds is 4. The average Bonchev–Trinajstić information content (AvgIpc) is 3.22. The van der Waals surface area contributed by atoms with Crippen LogP contribution in [-0.2, 0) is 17.9 Å². The molecule has 0 unspecified atom stereocenters. The summed E-state index contributed by atoms with van der Waals surface area (Å²) in [6.45, 7) is 0.975. The summed E-state index contributed by atoms with van der Waals surface area (Å²) in [5.74, 6) is 0.478. The van der Waals surface area contributed by atoms with Gasteiger partial charge in [0.05, 0.1) is 10.9 Å². The second kappa shape index (κ2) is 5.72. The molecule has 0 spiro atoms. The highest BCUT2D eigenvalue weighted by Gasteiger charge is 2.21. The molecule has 1 aliphatic heterocycles. The zero-order chi connectivity index (χ0) is 18.4. The number of nitrogens with zero attached hydrogens (tertiary/aromatic N) is 4. The molecule has 26 heavy (non-hydrogen) atoms. The van der Waals surface area contributed by atoms with Crippen molar-refractivity contribution in [2.45, 2.75) is 20.0 Å². The Kier molecular flexibility index (Phi) is 3.49. The van der Waals surface area contributed by atoms with E-state index in [1.807, 2.05) is 0 Å². The molecule has 3 aromatic rings. The zero-order valence-corrected chi connectivity index (χ0v) is 13.6. The van der Waals surface area contributed by atoms with Crippen molar-refractivity contribution in [2.75, 3.05) is 6.79 Å². The van der Waals surface area contributed by atoms with Crippen molar-refractivity contribution in [3.8, 4) is 11.5 Å². The van der Waals surface area contributed by atoms with Gasteiger partial charge in [-0.15, -0.1) is 0 Å². The van der Waals surface area contributed by atoms with E-state index < -0.39 is 23.7 Å². The van der Waals surface area contributed by atoms with E-state index in [4.69, 9.17) is 19.7 Å². The summed E-state index contributed by atoms with van der Waals surface area (Å²) < 4.78 is 17.5. The number of benzene rings is 1. The van der Waals surface area contributed by atoms with Crippen LogP contribution >= 0.6 is 0 Å². The van der Waals surface area contributed by atoms with Crippen molar-refractivity contribution < 1.29 is 18.8 Å². The van der Waals surface area contributed by atoms with Gasteiger partial charge in [0.25, 0.3) is 5.56 Å². The van der Waals surface area contributed by atoms with Gasteiger partial charge in [0.1, 0.15) is 13.1 Å². The maximum absolute atomic E-state index is 12.8. The highest BCUT2D eigenvalue weighted by Crippen LogP contribution is 2.34. The Morgan fingerprint density at radius 3 is 2.62 bits per heavy atom. The minimum atomic E-state index is -0.732. The van der Waals surface area contributed by atoms with Crippen LogP contribution in [-0.4, -0.2) is 32.0 Å². The maximum Gasteiger partial charge on any atom is 0.332 e. The highest BCUT2D eigenvalue weighted by molar-refractivity contribution is 5.84. The fourth-order valence-electron chi connectivity index (χ4n) is 2.79. The molecule has 3 heterocycles. The van der Waals surface area contributed by atoms with E-state index in [2.05, 4.69) is 10.1 Å². The van der Waals surface area contributed by atoms with Crippen molar-refractivity contribution in [2.24, 2.45) is 5.73 Å². The molecule has 0 atom stereocenters. The van der Waals surface area contributed by atoms with E-state index in [0.717, 1.165) is 9.13 Å². The number of aryl methyl sites for hydroxylation is 1. The standard InChI is InChI=1S/C15H13N5O6/c1-7-17-13(26-18-7)5-20-14(22)8-2-10-11(25-6-24-10)3-9(8)19(15(20)23)4-12(16)21/h2-3H,4-6H2,1H3,(H2,16,21). The minimum absolute atomic E-state index is 0.00115. The number of aromatic nitrogens is 4.